The topological polar surface area (TPSA) is 77.1 Å². The lowest BCUT2D eigenvalue weighted by Gasteiger charge is -2.23. The van der Waals surface area contributed by atoms with E-state index in [1.54, 1.807) is 12.5 Å². The van der Waals surface area contributed by atoms with Crippen LogP contribution >= 0.6 is 0 Å². The first-order valence-electron chi connectivity index (χ1n) is 8.82. The van der Waals surface area contributed by atoms with Gasteiger partial charge in [-0.25, -0.2) is 4.98 Å². The van der Waals surface area contributed by atoms with Gasteiger partial charge in [-0.05, 0) is 31.4 Å². The molecule has 3 heterocycles. The van der Waals surface area contributed by atoms with Crippen LogP contribution in [0.5, 0.6) is 0 Å². The smallest absolute Gasteiger partial charge is 0.271 e. The van der Waals surface area contributed by atoms with E-state index in [1.807, 2.05) is 29.7 Å². The van der Waals surface area contributed by atoms with Gasteiger partial charge >= 0.3 is 0 Å². The number of nitrogens with one attached hydrogen (secondary N) is 1. The van der Waals surface area contributed by atoms with E-state index in [0.29, 0.717) is 18.3 Å². The first-order chi connectivity index (χ1) is 12.2. The van der Waals surface area contributed by atoms with Gasteiger partial charge in [-0.15, -0.1) is 10.2 Å². The van der Waals surface area contributed by atoms with Crippen molar-refractivity contribution in [2.45, 2.75) is 51.6 Å². The summed E-state index contributed by atoms with van der Waals surface area (Å²) in [5, 5.41) is 11.1. The summed E-state index contributed by atoms with van der Waals surface area (Å²) in [4.78, 5) is 16.8. The molecule has 1 N–H and O–H groups in total. The van der Waals surface area contributed by atoms with Gasteiger partial charge < -0.3 is 14.3 Å². The molecule has 0 radical (unpaired) electrons. The van der Waals surface area contributed by atoms with Crippen LogP contribution in [-0.2, 0) is 6.54 Å². The molecule has 130 valence electrons. The number of aryl methyl sites for hydroxylation is 1. The number of carbonyl (C=O) groups excluding carboxylic acids is 1. The van der Waals surface area contributed by atoms with Crippen molar-refractivity contribution in [3.63, 3.8) is 0 Å². The van der Waals surface area contributed by atoms with E-state index in [4.69, 9.17) is 0 Å². The SMILES string of the molecule is Cc1ccc2nc(C(=O)NCc3nncn3C3CCCCC3)cn2c1. The third-order valence-electron chi connectivity index (χ3n) is 4.85. The highest BCUT2D eigenvalue weighted by Crippen LogP contribution is 2.28. The molecule has 0 aliphatic heterocycles. The van der Waals surface area contributed by atoms with E-state index in [-0.39, 0.29) is 5.91 Å². The summed E-state index contributed by atoms with van der Waals surface area (Å²) in [6, 6.07) is 4.34. The molecule has 1 aliphatic rings. The second-order valence-electron chi connectivity index (χ2n) is 6.73. The van der Waals surface area contributed by atoms with Crippen LogP contribution in [0.25, 0.3) is 5.65 Å². The Balaban J connectivity index is 1.45. The minimum atomic E-state index is -0.195. The van der Waals surface area contributed by atoms with Crippen LogP contribution in [0.2, 0.25) is 0 Å². The van der Waals surface area contributed by atoms with Crippen LogP contribution in [0.1, 0.15) is 60.0 Å². The Morgan fingerprint density at radius 1 is 1.24 bits per heavy atom. The molecular formula is C18H22N6O. The highest BCUT2D eigenvalue weighted by Gasteiger charge is 2.19. The molecule has 3 aromatic heterocycles. The first kappa shape index (κ1) is 15.8. The second-order valence-corrected chi connectivity index (χ2v) is 6.73. The third kappa shape index (κ3) is 3.26. The summed E-state index contributed by atoms with van der Waals surface area (Å²) >= 11 is 0. The van der Waals surface area contributed by atoms with Crippen molar-refractivity contribution in [3.8, 4) is 0 Å². The molecule has 1 aliphatic carbocycles. The summed E-state index contributed by atoms with van der Waals surface area (Å²) in [5.41, 5.74) is 2.30. The van der Waals surface area contributed by atoms with Gasteiger partial charge in [0.2, 0.25) is 0 Å². The number of rotatable bonds is 4. The van der Waals surface area contributed by atoms with Crippen molar-refractivity contribution in [3.05, 3.63) is 47.9 Å². The number of pyridine rings is 1. The van der Waals surface area contributed by atoms with Crippen LogP contribution in [0.15, 0.2) is 30.9 Å². The highest BCUT2D eigenvalue weighted by atomic mass is 16.1. The highest BCUT2D eigenvalue weighted by molar-refractivity contribution is 5.92. The number of hydrogen-bond acceptors (Lipinski definition) is 4. The van der Waals surface area contributed by atoms with Crippen LogP contribution < -0.4 is 5.32 Å². The number of amides is 1. The van der Waals surface area contributed by atoms with Gasteiger partial charge in [0.15, 0.2) is 5.82 Å². The fourth-order valence-electron chi connectivity index (χ4n) is 3.52. The van der Waals surface area contributed by atoms with Crippen molar-refractivity contribution in [1.82, 2.24) is 29.5 Å². The number of nitrogens with zero attached hydrogens (tertiary/aromatic N) is 5. The average Bonchev–Trinajstić information content (AvgIpc) is 3.26. The Bertz CT molecular complexity index is 890. The summed E-state index contributed by atoms with van der Waals surface area (Å²) < 4.78 is 3.99. The Labute approximate surface area is 146 Å². The number of carbonyl (C=O) groups is 1. The van der Waals surface area contributed by atoms with E-state index < -0.39 is 0 Å². The third-order valence-corrected chi connectivity index (χ3v) is 4.85. The van der Waals surface area contributed by atoms with Crippen molar-refractivity contribution in [1.29, 1.82) is 0 Å². The van der Waals surface area contributed by atoms with Crippen LogP contribution in [0.4, 0.5) is 0 Å². The minimum Gasteiger partial charge on any atom is -0.343 e. The summed E-state index contributed by atoms with van der Waals surface area (Å²) in [6.45, 7) is 2.37. The van der Waals surface area contributed by atoms with Crippen molar-refractivity contribution in [2.75, 3.05) is 0 Å². The predicted molar refractivity (Wildman–Crippen MR) is 93.2 cm³/mol. The fraction of sp³-hybridized carbons (Fsp3) is 0.444. The quantitative estimate of drug-likeness (QED) is 0.793. The lowest BCUT2D eigenvalue weighted by molar-refractivity contribution is 0.0944. The minimum absolute atomic E-state index is 0.195. The van der Waals surface area contributed by atoms with Crippen molar-refractivity contribution < 1.29 is 4.79 Å². The first-order valence-corrected chi connectivity index (χ1v) is 8.82. The van der Waals surface area contributed by atoms with E-state index in [9.17, 15) is 4.79 Å². The summed E-state index contributed by atoms with van der Waals surface area (Å²) in [6.07, 6.45) is 11.6. The van der Waals surface area contributed by atoms with Crippen molar-refractivity contribution >= 4 is 11.6 Å². The number of imidazole rings is 1. The standard InChI is InChI=1S/C18H22N6O/c1-13-7-8-16-21-15(11-23(16)10-13)18(25)19-9-17-22-20-12-24(17)14-5-3-2-4-6-14/h7-8,10-12,14H,2-6,9H2,1H3,(H,19,25). The monoisotopic (exact) mass is 338 g/mol. The Morgan fingerprint density at radius 2 is 2.08 bits per heavy atom. The van der Waals surface area contributed by atoms with Gasteiger partial charge in [-0.1, -0.05) is 25.3 Å². The predicted octanol–water partition coefficient (Wildman–Crippen LogP) is 2.67. The summed E-state index contributed by atoms with van der Waals surface area (Å²) in [5.74, 6) is 0.611. The van der Waals surface area contributed by atoms with Gasteiger partial charge in [0.25, 0.3) is 5.91 Å². The Kier molecular flexibility index (Phi) is 4.21. The second kappa shape index (κ2) is 6.66. The molecular weight excluding hydrogens is 316 g/mol. The Hall–Kier alpha value is -2.70. The number of hydrogen-bond donors (Lipinski definition) is 1. The van der Waals surface area contributed by atoms with Gasteiger partial charge in [0.05, 0.1) is 6.54 Å². The van der Waals surface area contributed by atoms with Crippen LogP contribution in [0.3, 0.4) is 0 Å². The van der Waals surface area contributed by atoms with Crippen LogP contribution in [0, 0.1) is 6.92 Å². The average molecular weight is 338 g/mol. The lowest BCUT2D eigenvalue weighted by atomic mass is 9.95. The zero-order valence-corrected chi connectivity index (χ0v) is 14.4. The lowest BCUT2D eigenvalue weighted by Crippen LogP contribution is -2.26. The van der Waals surface area contributed by atoms with E-state index >= 15 is 0 Å². The molecule has 0 aromatic carbocycles. The zero-order chi connectivity index (χ0) is 17.2. The molecule has 7 nitrogen and oxygen atoms in total. The van der Waals surface area contributed by atoms with E-state index in [2.05, 4.69) is 25.1 Å². The van der Waals surface area contributed by atoms with E-state index in [1.165, 1.54) is 19.3 Å². The number of aromatic nitrogens is 5. The molecule has 4 rings (SSSR count). The zero-order valence-electron chi connectivity index (χ0n) is 14.4. The van der Waals surface area contributed by atoms with Gasteiger partial charge in [-0.2, -0.15) is 0 Å². The van der Waals surface area contributed by atoms with Crippen LogP contribution in [-0.4, -0.2) is 30.1 Å². The molecule has 0 saturated heterocycles. The molecule has 0 unspecified atom stereocenters. The molecule has 1 amide bonds. The fourth-order valence-corrected chi connectivity index (χ4v) is 3.52. The van der Waals surface area contributed by atoms with Crippen molar-refractivity contribution in [2.24, 2.45) is 0 Å². The number of fused-ring (bicyclic) bond motifs is 1. The summed E-state index contributed by atoms with van der Waals surface area (Å²) in [7, 11) is 0. The van der Waals surface area contributed by atoms with Gasteiger partial charge in [0, 0.05) is 18.4 Å². The molecule has 0 spiro atoms. The maximum Gasteiger partial charge on any atom is 0.271 e. The van der Waals surface area contributed by atoms with Gasteiger partial charge in [-0.3, -0.25) is 4.79 Å². The molecule has 3 aromatic rings. The molecule has 1 saturated carbocycles. The Morgan fingerprint density at radius 3 is 2.92 bits per heavy atom. The molecule has 0 bridgehead atoms. The molecule has 25 heavy (non-hydrogen) atoms. The molecule has 0 atom stereocenters. The maximum atomic E-state index is 12.4. The van der Waals surface area contributed by atoms with Gasteiger partial charge in [0.1, 0.15) is 17.7 Å². The molecule has 1 fully saturated rings. The molecule has 7 heteroatoms. The maximum absolute atomic E-state index is 12.4. The largest absolute Gasteiger partial charge is 0.343 e. The normalized spacial score (nSPS) is 15.6. The van der Waals surface area contributed by atoms with E-state index in [0.717, 1.165) is 29.9 Å².